The first kappa shape index (κ1) is 12.2. The second-order valence-electron chi connectivity index (χ2n) is 3.46. The van der Waals surface area contributed by atoms with E-state index in [4.69, 9.17) is 4.52 Å². The lowest BCUT2D eigenvalue weighted by atomic mass is 10.4. The number of rotatable bonds is 4. The van der Waals surface area contributed by atoms with Crippen molar-refractivity contribution in [1.82, 2.24) is 14.9 Å². The Morgan fingerprint density at radius 1 is 1.47 bits per heavy atom. The van der Waals surface area contributed by atoms with Gasteiger partial charge in [0.25, 0.3) is 0 Å². The van der Waals surface area contributed by atoms with E-state index in [2.05, 4.69) is 14.9 Å². The Hall–Kier alpha value is -1.25. The summed E-state index contributed by atoms with van der Waals surface area (Å²) in [4.78, 5) is 4.10. The molecule has 0 aromatic carbocycles. The molecule has 92 valence electrons. The Balaban J connectivity index is 2.20. The summed E-state index contributed by atoms with van der Waals surface area (Å²) < 4.78 is 31.3. The van der Waals surface area contributed by atoms with Crippen LogP contribution >= 0.6 is 11.3 Å². The number of hydrogen-bond donors (Lipinski definition) is 1. The fourth-order valence-corrected chi connectivity index (χ4v) is 3.31. The first-order valence-corrected chi connectivity index (χ1v) is 7.23. The standard InChI is InChI=1S/C9H11N3O3S2/c1-6-9(7(2)15-12-6)17(13,14)11-3-8-4-16-5-10-8/h4-5,11H,3H2,1-2H3. The molecule has 0 bridgehead atoms. The zero-order valence-corrected chi connectivity index (χ0v) is 10.9. The Morgan fingerprint density at radius 2 is 2.24 bits per heavy atom. The van der Waals surface area contributed by atoms with Crippen molar-refractivity contribution in [1.29, 1.82) is 0 Å². The highest BCUT2D eigenvalue weighted by molar-refractivity contribution is 7.89. The average molecular weight is 273 g/mol. The molecule has 2 aromatic rings. The molecular weight excluding hydrogens is 262 g/mol. The minimum Gasteiger partial charge on any atom is -0.360 e. The van der Waals surface area contributed by atoms with Gasteiger partial charge in [0.2, 0.25) is 10.0 Å². The maximum absolute atomic E-state index is 12.0. The second kappa shape index (κ2) is 4.55. The van der Waals surface area contributed by atoms with Gasteiger partial charge in [-0.05, 0) is 13.8 Å². The third-order valence-corrected chi connectivity index (χ3v) is 4.44. The highest BCUT2D eigenvalue weighted by atomic mass is 32.2. The Bertz CT molecular complexity index is 582. The molecule has 2 heterocycles. The van der Waals surface area contributed by atoms with Crippen molar-refractivity contribution in [2.24, 2.45) is 0 Å². The molecule has 8 heteroatoms. The van der Waals surface area contributed by atoms with Gasteiger partial charge >= 0.3 is 0 Å². The number of aryl methyl sites for hydroxylation is 2. The van der Waals surface area contributed by atoms with Crippen LogP contribution in [0.2, 0.25) is 0 Å². The van der Waals surface area contributed by atoms with Gasteiger partial charge in [-0.1, -0.05) is 5.16 Å². The molecule has 6 nitrogen and oxygen atoms in total. The van der Waals surface area contributed by atoms with Crippen LogP contribution in [0.25, 0.3) is 0 Å². The van der Waals surface area contributed by atoms with Crippen molar-refractivity contribution in [3.63, 3.8) is 0 Å². The van der Waals surface area contributed by atoms with Gasteiger partial charge in [-0.15, -0.1) is 11.3 Å². The van der Waals surface area contributed by atoms with E-state index in [1.807, 2.05) is 0 Å². The molecule has 0 radical (unpaired) electrons. The molecule has 2 aromatic heterocycles. The number of sulfonamides is 1. The monoisotopic (exact) mass is 273 g/mol. The first-order valence-electron chi connectivity index (χ1n) is 4.80. The molecule has 0 aliphatic carbocycles. The van der Waals surface area contributed by atoms with Crippen molar-refractivity contribution in [3.8, 4) is 0 Å². The van der Waals surface area contributed by atoms with E-state index >= 15 is 0 Å². The lowest BCUT2D eigenvalue weighted by Gasteiger charge is -2.03. The van der Waals surface area contributed by atoms with E-state index in [0.29, 0.717) is 11.4 Å². The summed E-state index contributed by atoms with van der Waals surface area (Å²) in [6.07, 6.45) is 0. The highest BCUT2D eigenvalue weighted by Gasteiger charge is 2.23. The van der Waals surface area contributed by atoms with Crippen LogP contribution in [0.4, 0.5) is 0 Å². The molecule has 0 fully saturated rings. The molecule has 0 saturated heterocycles. The maximum Gasteiger partial charge on any atom is 0.246 e. The Labute approximate surface area is 103 Å². The van der Waals surface area contributed by atoms with Gasteiger partial charge in [-0.3, -0.25) is 0 Å². The zero-order chi connectivity index (χ0) is 12.5. The summed E-state index contributed by atoms with van der Waals surface area (Å²) in [5, 5.41) is 5.41. The molecule has 0 unspecified atom stereocenters. The van der Waals surface area contributed by atoms with Crippen molar-refractivity contribution in [2.75, 3.05) is 0 Å². The topological polar surface area (TPSA) is 85.1 Å². The summed E-state index contributed by atoms with van der Waals surface area (Å²) in [5.41, 5.74) is 2.69. The molecule has 0 saturated carbocycles. The van der Waals surface area contributed by atoms with Crippen molar-refractivity contribution in [3.05, 3.63) is 28.0 Å². The van der Waals surface area contributed by atoms with Crippen LogP contribution in [0.3, 0.4) is 0 Å². The normalized spacial score (nSPS) is 11.9. The molecule has 2 rings (SSSR count). The highest BCUT2D eigenvalue weighted by Crippen LogP contribution is 2.18. The fraction of sp³-hybridized carbons (Fsp3) is 0.333. The first-order chi connectivity index (χ1) is 8.00. The van der Waals surface area contributed by atoms with Crippen LogP contribution in [0.15, 0.2) is 20.3 Å². The van der Waals surface area contributed by atoms with Gasteiger partial charge in [0.15, 0.2) is 5.76 Å². The third kappa shape index (κ3) is 2.54. The summed E-state index contributed by atoms with van der Waals surface area (Å²) in [7, 11) is -3.60. The molecule has 0 aliphatic rings. The Morgan fingerprint density at radius 3 is 2.76 bits per heavy atom. The van der Waals surface area contributed by atoms with E-state index in [1.54, 1.807) is 24.7 Å². The van der Waals surface area contributed by atoms with E-state index in [0.717, 1.165) is 0 Å². The molecule has 0 spiro atoms. The van der Waals surface area contributed by atoms with Gasteiger partial charge in [0, 0.05) is 5.38 Å². The number of hydrogen-bond acceptors (Lipinski definition) is 6. The average Bonchev–Trinajstić information content (AvgIpc) is 2.86. The number of aromatic nitrogens is 2. The number of nitrogens with zero attached hydrogens (tertiary/aromatic N) is 2. The van der Waals surface area contributed by atoms with Crippen LogP contribution in [0.5, 0.6) is 0 Å². The molecule has 0 aliphatic heterocycles. The SMILES string of the molecule is Cc1noc(C)c1S(=O)(=O)NCc1cscn1. The van der Waals surface area contributed by atoms with Crippen LogP contribution in [0, 0.1) is 13.8 Å². The van der Waals surface area contributed by atoms with Crippen molar-refractivity contribution >= 4 is 21.4 Å². The number of nitrogens with one attached hydrogen (secondary N) is 1. The van der Waals surface area contributed by atoms with Gasteiger partial charge in [-0.2, -0.15) is 0 Å². The zero-order valence-electron chi connectivity index (χ0n) is 9.30. The van der Waals surface area contributed by atoms with Gasteiger partial charge in [-0.25, -0.2) is 18.1 Å². The second-order valence-corrected chi connectivity index (χ2v) is 5.88. The van der Waals surface area contributed by atoms with E-state index in [1.165, 1.54) is 11.3 Å². The summed E-state index contributed by atoms with van der Waals surface area (Å²) in [6, 6.07) is 0. The minimum atomic E-state index is -3.60. The molecular formula is C9H11N3O3S2. The smallest absolute Gasteiger partial charge is 0.246 e. The summed E-state index contributed by atoms with van der Waals surface area (Å²) >= 11 is 1.42. The van der Waals surface area contributed by atoms with E-state index < -0.39 is 10.0 Å². The van der Waals surface area contributed by atoms with E-state index in [-0.39, 0.29) is 17.2 Å². The fourth-order valence-electron chi connectivity index (χ4n) is 1.42. The van der Waals surface area contributed by atoms with Gasteiger partial charge in [0.05, 0.1) is 17.7 Å². The third-order valence-electron chi connectivity index (χ3n) is 2.16. The van der Waals surface area contributed by atoms with E-state index in [9.17, 15) is 8.42 Å². The van der Waals surface area contributed by atoms with Crippen LogP contribution in [-0.4, -0.2) is 18.6 Å². The maximum atomic E-state index is 12.0. The van der Waals surface area contributed by atoms with Crippen molar-refractivity contribution < 1.29 is 12.9 Å². The number of thiazole rings is 1. The van der Waals surface area contributed by atoms with Crippen LogP contribution in [0.1, 0.15) is 17.1 Å². The molecule has 0 atom stereocenters. The largest absolute Gasteiger partial charge is 0.360 e. The predicted molar refractivity (Wildman–Crippen MR) is 62.1 cm³/mol. The molecule has 1 N–H and O–H groups in total. The van der Waals surface area contributed by atoms with Crippen LogP contribution in [-0.2, 0) is 16.6 Å². The van der Waals surface area contributed by atoms with Crippen molar-refractivity contribution in [2.45, 2.75) is 25.3 Å². The van der Waals surface area contributed by atoms with Gasteiger partial charge < -0.3 is 4.52 Å². The lowest BCUT2D eigenvalue weighted by molar-refractivity contribution is 0.390. The predicted octanol–water partition coefficient (Wildman–Crippen LogP) is 1.23. The summed E-state index contributed by atoms with van der Waals surface area (Å²) in [6.45, 7) is 3.32. The quantitative estimate of drug-likeness (QED) is 0.905. The molecule has 0 amide bonds. The molecule has 17 heavy (non-hydrogen) atoms. The summed E-state index contributed by atoms with van der Waals surface area (Å²) in [5.74, 6) is 0.285. The Kier molecular flexibility index (Phi) is 3.27. The minimum absolute atomic E-state index is 0.104. The van der Waals surface area contributed by atoms with Crippen LogP contribution < -0.4 is 4.72 Å². The lowest BCUT2D eigenvalue weighted by Crippen LogP contribution is -2.24. The van der Waals surface area contributed by atoms with Gasteiger partial charge in [0.1, 0.15) is 10.6 Å².